The second-order valence-electron chi connectivity index (χ2n) is 3.77. The molecule has 0 spiro atoms. The Kier molecular flexibility index (Phi) is 4.67. The van der Waals surface area contributed by atoms with Gasteiger partial charge in [0, 0.05) is 0 Å². The summed E-state index contributed by atoms with van der Waals surface area (Å²) < 4.78 is 28.5. The fourth-order valence-corrected chi connectivity index (χ4v) is 2.34. The van der Waals surface area contributed by atoms with Crippen LogP contribution in [0.15, 0.2) is 29.2 Å². The van der Waals surface area contributed by atoms with Crippen LogP contribution in [0, 0.1) is 18.3 Å². The summed E-state index contributed by atoms with van der Waals surface area (Å²) in [5.41, 5.74) is 0.967. The first-order valence-electron chi connectivity index (χ1n) is 5.39. The van der Waals surface area contributed by atoms with Gasteiger partial charge in [-0.2, -0.15) is 13.7 Å². The molecule has 0 bridgehead atoms. The number of nitrogens with zero attached hydrogens (tertiary/aromatic N) is 1. The van der Waals surface area contributed by atoms with Gasteiger partial charge in [-0.3, -0.25) is 0 Å². The standard InChI is InChI=1S/C12H15NO3S/c1-3-4-11(9-13)16-17(14,15)12-7-5-10(2)6-8-12/h5-8,11H,3-4H2,1-2H3. The van der Waals surface area contributed by atoms with Crippen LogP contribution in [0.1, 0.15) is 25.3 Å². The van der Waals surface area contributed by atoms with Gasteiger partial charge < -0.3 is 0 Å². The zero-order valence-electron chi connectivity index (χ0n) is 9.88. The van der Waals surface area contributed by atoms with Crippen molar-refractivity contribution in [1.82, 2.24) is 0 Å². The molecule has 0 saturated heterocycles. The molecule has 1 aromatic rings. The topological polar surface area (TPSA) is 67.2 Å². The Morgan fingerprint density at radius 2 is 1.94 bits per heavy atom. The van der Waals surface area contributed by atoms with Crippen LogP contribution in [0.25, 0.3) is 0 Å². The van der Waals surface area contributed by atoms with Crippen LogP contribution in [0.4, 0.5) is 0 Å². The van der Waals surface area contributed by atoms with Gasteiger partial charge in [0.05, 0.1) is 11.0 Å². The minimum Gasteiger partial charge on any atom is -0.248 e. The van der Waals surface area contributed by atoms with Crippen LogP contribution in [0.5, 0.6) is 0 Å². The van der Waals surface area contributed by atoms with Crippen molar-refractivity contribution < 1.29 is 12.6 Å². The predicted octanol–water partition coefficient (Wildman–Crippen LogP) is 2.39. The molecule has 1 aromatic carbocycles. The van der Waals surface area contributed by atoms with Crippen LogP contribution >= 0.6 is 0 Å². The maximum atomic E-state index is 11.8. The van der Waals surface area contributed by atoms with E-state index in [0.717, 1.165) is 5.56 Å². The Morgan fingerprint density at radius 3 is 2.41 bits per heavy atom. The SMILES string of the molecule is CCCC(C#N)OS(=O)(=O)c1ccc(C)cc1. The maximum absolute atomic E-state index is 11.8. The third kappa shape index (κ3) is 3.84. The van der Waals surface area contributed by atoms with Crippen molar-refractivity contribution >= 4 is 10.1 Å². The third-order valence-corrected chi connectivity index (χ3v) is 3.58. The van der Waals surface area contributed by atoms with Crippen molar-refractivity contribution in [1.29, 1.82) is 5.26 Å². The van der Waals surface area contributed by atoms with Crippen molar-refractivity contribution in [2.45, 2.75) is 37.7 Å². The molecule has 92 valence electrons. The summed E-state index contributed by atoms with van der Waals surface area (Å²) in [6.07, 6.45) is 0.190. The zero-order valence-corrected chi connectivity index (χ0v) is 10.7. The Balaban J connectivity index is 2.89. The van der Waals surface area contributed by atoms with Crippen molar-refractivity contribution in [2.24, 2.45) is 0 Å². The van der Waals surface area contributed by atoms with Gasteiger partial charge in [0.25, 0.3) is 10.1 Å². The molecule has 5 heteroatoms. The summed E-state index contributed by atoms with van der Waals surface area (Å²) in [5.74, 6) is 0. The van der Waals surface area contributed by atoms with Gasteiger partial charge in [0.2, 0.25) is 0 Å². The number of benzene rings is 1. The minimum absolute atomic E-state index is 0.0828. The summed E-state index contributed by atoms with van der Waals surface area (Å²) in [6.45, 7) is 3.73. The minimum atomic E-state index is -3.83. The Bertz CT molecular complexity index is 500. The average molecular weight is 253 g/mol. The highest BCUT2D eigenvalue weighted by molar-refractivity contribution is 7.86. The summed E-state index contributed by atoms with van der Waals surface area (Å²) in [5, 5.41) is 8.77. The Labute approximate surface area is 102 Å². The molecule has 0 aliphatic heterocycles. The van der Waals surface area contributed by atoms with Gasteiger partial charge >= 0.3 is 0 Å². The number of aryl methyl sites for hydroxylation is 1. The third-order valence-electron chi connectivity index (χ3n) is 2.25. The van der Waals surface area contributed by atoms with Gasteiger partial charge in [-0.1, -0.05) is 31.0 Å². The van der Waals surface area contributed by atoms with E-state index in [2.05, 4.69) is 0 Å². The van der Waals surface area contributed by atoms with E-state index < -0.39 is 16.2 Å². The molecule has 0 heterocycles. The van der Waals surface area contributed by atoms with E-state index >= 15 is 0 Å². The van der Waals surface area contributed by atoms with Crippen LogP contribution in [-0.2, 0) is 14.3 Å². The summed E-state index contributed by atoms with van der Waals surface area (Å²) in [7, 11) is -3.83. The van der Waals surface area contributed by atoms with Gasteiger partial charge in [-0.05, 0) is 25.5 Å². The monoisotopic (exact) mass is 253 g/mol. The second-order valence-corrected chi connectivity index (χ2v) is 5.34. The van der Waals surface area contributed by atoms with Crippen molar-refractivity contribution in [3.8, 4) is 6.07 Å². The van der Waals surface area contributed by atoms with E-state index in [1.54, 1.807) is 12.1 Å². The van der Waals surface area contributed by atoms with Crippen LogP contribution in [0.3, 0.4) is 0 Å². The maximum Gasteiger partial charge on any atom is 0.298 e. The zero-order chi connectivity index (χ0) is 12.9. The fourth-order valence-electron chi connectivity index (χ4n) is 1.31. The van der Waals surface area contributed by atoms with E-state index in [9.17, 15) is 8.42 Å². The lowest BCUT2D eigenvalue weighted by atomic mass is 10.2. The molecule has 0 radical (unpaired) electrons. The first-order valence-corrected chi connectivity index (χ1v) is 6.80. The van der Waals surface area contributed by atoms with Gasteiger partial charge in [-0.15, -0.1) is 0 Å². The molecule has 0 N–H and O–H groups in total. The largest absolute Gasteiger partial charge is 0.298 e. The predicted molar refractivity (Wildman–Crippen MR) is 63.8 cm³/mol. The number of hydrogen-bond acceptors (Lipinski definition) is 4. The van der Waals surface area contributed by atoms with Crippen molar-refractivity contribution in [3.05, 3.63) is 29.8 Å². The Hall–Kier alpha value is -1.38. The molecule has 0 fully saturated rings. The first kappa shape index (κ1) is 13.7. The van der Waals surface area contributed by atoms with E-state index in [4.69, 9.17) is 9.44 Å². The average Bonchev–Trinajstić information content (AvgIpc) is 2.28. The molecule has 0 aliphatic carbocycles. The Morgan fingerprint density at radius 1 is 1.35 bits per heavy atom. The molecular formula is C12H15NO3S. The smallest absolute Gasteiger partial charge is 0.248 e. The molecule has 0 saturated carbocycles. The molecule has 1 atom stereocenters. The first-order chi connectivity index (χ1) is 7.99. The highest BCUT2D eigenvalue weighted by Crippen LogP contribution is 2.16. The van der Waals surface area contributed by atoms with E-state index in [1.165, 1.54) is 12.1 Å². The molecule has 0 aromatic heterocycles. The number of hydrogen-bond donors (Lipinski definition) is 0. The molecule has 1 unspecified atom stereocenters. The molecule has 17 heavy (non-hydrogen) atoms. The summed E-state index contributed by atoms with van der Waals surface area (Å²) in [4.78, 5) is 0.0828. The second kappa shape index (κ2) is 5.80. The van der Waals surface area contributed by atoms with Gasteiger partial charge in [-0.25, -0.2) is 4.18 Å². The molecular weight excluding hydrogens is 238 g/mol. The lowest BCUT2D eigenvalue weighted by molar-refractivity contribution is 0.250. The lowest BCUT2D eigenvalue weighted by Crippen LogP contribution is -2.16. The van der Waals surface area contributed by atoms with Gasteiger partial charge in [0.1, 0.15) is 0 Å². The summed E-state index contributed by atoms with van der Waals surface area (Å²) >= 11 is 0. The molecule has 4 nitrogen and oxygen atoms in total. The van der Waals surface area contributed by atoms with E-state index in [1.807, 2.05) is 19.9 Å². The molecule has 1 rings (SSSR count). The van der Waals surface area contributed by atoms with Crippen LogP contribution in [-0.4, -0.2) is 14.5 Å². The van der Waals surface area contributed by atoms with Crippen LogP contribution < -0.4 is 0 Å². The fraction of sp³-hybridized carbons (Fsp3) is 0.417. The normalized spacial score (nSPS) is 13.0. The van der Waals surface area contributed by atoms with Crippen LogP contribution in [0.2, 0.25) is 0 Å². The van der Waals surface area contributed by atoms with Crippen molar-refractivity contribution in [3.63, 3.8) is 0 Å². The summed E-state index contributed by atoms with van der Waals surface area (Å²) in [6, 6.07) is 8.18. The van der Waals surface area contributed by atoms with E-state index in [0.29, 0.717) is 12.8 Å². The van der Waals surface area contributed by atoms with Gasteiger partial charge in [0.15, 0.2) is 6.10 Å². The quantitative estimate of drug-likeness (QED) is 0.756. The van der Waals surface area contributed by atoms with E-state index in [-0.39, 0.29) is 4.90 Å². The molecule has 0 amide bonds. The number of rotatable bonds is 5. The highest BCUT2D eigenvalue weighted by atomic mass is 32.2. The highest BCUT2D eigenvalue weighted by Gasteiger charge is 2.20. The number of nitriles is 1. The lowest BCUT2D eigenvalue weighted by Gasteiger charge is -2.09. The van der Waals surface area contributed by atoms with Crippen molar-refractivity contribution in [2.75, 3.05) is 0 Å². The molecule has 0 aliphatic rings.